The lowest BCUT2D eigenvalue weighted by atomic mass is 10.0. The summed E-state index contributed by atoms with van der Waals surface area (Å²) in [5.74, 6) is 2.28. The molecule has 1 saturated heterocycles. The number of aromatic nitrogens is 2. The number of rotatable bonds is 11. The minimum atomic E-state index is -0.207. The Balaban J connectivity index is 0. The van der Waals surface area contributed by atoms with Gasteiger partial charge in [-0.05, 0) is 102 Å². The number of likely N-dealkylation sites (tertiary alicyclic amines) is 1. The van der Waals surface area contributed by atoms with Crippen LogP contribution in [0.3, 0.4) is 0 Å². The van der Waals surface area contributed by atoms with E-state index in [-0.39, 0.29) is 5.82 Å². The lowest BCUT2D eigenvalue weighted by Gasteiger charge is -2.36. The van der Waals surface area contributed by atoms with E-state index in [1.165, 1.54) is 56.6 Å². The van der Waals surface area contributed by atoms with Crippen LogP contribution in [0.5, 0.6) is 5.75 Å². The zero-order chi connectivity index (χ0) is 37.8. The van der Waals surface area contributed by atoms with Gasteiger partial charge in [0, 0.05) is 30.3 Å². The van der Waals surface area contributed by atoms with Crippen LogP contribution in [0.4, 0.5) is 4.39 Å². The molecule has 0 aliphatic carbocycles. The molecule has 2 atom stereocenters. The zero-order valence-corrected chi connectivity index (χ0v) is 32.9. The first kappa shape index (κ1) is 47.5. The van der Waals surface area contributed by atoms with Gasteiger partial charge in [-0.3, -0.25) is 0 Å². The molecule has 276 valence electrons. The molecule has 1 aliphatic heterocycles. The third kappa shape index (κ3) is 18.6. The fraction of sp³-hybridized carbons (Fsp3) is 0.512. The van der Waals surface area contributed by atoms with Crippen molar-refractivity contribution in [2.45, 2.75) is 126 Å². The van der Waals surface area contributed by atoms with Crippen LogP contribution in [0.2, 0.25) is 0 Å². The van der Waals surface area contributed by atoms with Crippen molar-refractivity contribution in [3.05, 3.63) is 110 Å². The number of aryl methyl sites for hydroxylation is 3. The number of hydrogen-bond acceptors (Lipinski definition) is 4. The first-order chi connectivity index (χ1) is 23.6. The first-order valence-corrected chi connectivity index (χ1v) is 18.3. The summed E-state index contributed by atoms with van der Waals surface area (Å²) in [5.41, 5.74) is 9.26. The molecule has 0 spiro atoms. The highest BCUT2D eigenvalue weighted by molar-refractivity contribution is 5.59. The molecule has 1 fully saturated rings. The summed E-state index contributed by atoms with van der Waals surface area (Å²) >= 11 is 0. The molecular weight excluding hydrogens is 607 g/mol. The molecule has 1 aliphatic rings. The average Bonchev–Trinajstić information content (AvgIpc) is 3.60. The Bertz CT molecular complexity index is 1270. The van der Waals surface area contributed by atoms with E-state index in [2.05, 4.69) is 93.7 Å². The summed E-state index contributed by atoms with van der Waals surface area (Å²) < 4.78 is 19.6. The number of halogens is 1. The fourth-order valence-corrected chi connectivity index (χ4v) is 5.16. The molecule has 0 amide bonds. The number of aromatic amines is 1. The van der Waals surface area contributed by atoms with Crippen LogP contribution >= 0.6 is 0 Å². The Labute approximate surface area is 301 Å². The third-order valence-corrected chi connectivity index (χ3v) is 7.91. The number of ether oxygens (including phenoxy) is 1. The molecule has 49 heavy (non-hydrogen) atoms. The van der Waals surface area contributed by atoms with Crippen LogP contribution in [-0.4, -0.2) is 40.6 Å². The highest BCUT2D eigenvalue weighted by Crippen LogP contribution is 2.24. The van der Waals surface area contributed by atoms with E-state index >= 15 is 0 Å². The molecule has 3 N–H and O–H groups in total. The second-order valence-corrected chi connectivity index (χ2v) is 12.0. The van der Waals surface area contributed by atoms with Gasteiger partial charge in [0.2, 0.25) is 0 Å². The van der Waals surface area contributed by atoms with Gasteiger partial charge in [0.15, 0.2) is 0 Å². The molecule has 0 bridgehead atoms. The van der Waals surface area contributed by atoms with Crippen molar-refractivity contribution in [3.8, 4) is 17.0 Å². The van der Waals surface area contributed by atoms with Crippen molar-refractivity contribution in [1.29, 1.82) is 0 Å². The third-order valence-electron chi connectivity index (χ3n) is 7.91. The van der Waals surface area contributed by atoms with Gasteiger partial charge in [-0.15, -0.1) is 19.7 Å². The highest BCUT2D eigenvalue weighted by Gasteiger charge is 2.18. The molecule has 5 nitrogen and oxygen atoms in total. The van der Waals surface area contributed by atoms with Crippen molar-refractivity contribution in [1.82, 2.24) is 14.9 Å². The van der Waals surface area contributed by atoms with E-state index < -0.39 is 0 Å². The van der Waals surface area contributed by atoms with Crippen LogP contribution in [0.15, 0.2) is 86.8 Å². The van der Waals surface area contributed by atoms with E-state index in [0.29, 0.717) is 23.6 Å². The molecule has 1 aromatic heterocycles. The molecule has 6 heteroatoms. The summed E-state index contributed by atoms with van der Waals surface area (Å²) in [7, 11) is 1.50. The van der Waals surface area contributed by atoms with Crippen LogP contribution < -0.4 is 10.5 Å². The summed E-state index contributed by atoms with van der Waals surface area (Å²) in [6.07, 6.45) is 13.3. The quantitative estimate of drug-likeness (QED) is 0.198. The fourth-order valence-electron chi connectivity index (χ4n) is 5.16. The number of nitrogens with two attached hydrogens (primary N) is 1. The van der Waals surface area contributed by atoms with E-state index in [0.717, 1.165) is 48.5 Å². The molecule has 2 heterocycles. The Morgan fingerprint density at radius 1 is 1.10 bits per heavy atom. The molecule has 2 unspecified atom stereocenters. The lowest BCUT2D eigenvalue weighted by Crippen LogP contribution is -2.36. The minimum absolute atomic E-state index is 0.207. The average molecular weight is 679 g/mol. The number of hydrogen-bond donors (Lipinski definition) is 2. The predicted molar refractivity (Wildman–Crippen MR) is 215 cm³/mol. The van der Waals surface area contributed by atoms with Crippen LogP contribution in [0.25, 0.3) is 11.3 Å². The second-order valence-electron chi connectivity index (χ2n) is 12.0. The SMILES string of the molecule is C=C.C=CCCC(=C)N1CCCCC1C.CC.CCCC(Oc1ccccc1C)C(C)C.CCc1ncc(-c2ccc(C)cc2F)[nH]1.CN. The Kier molecular flexibility index (Phi) is 28.4. The Hall–Kier alpha value is -3.64. The number of H-pyrrole nitrogens is 1. The Morgan fingerprint density at radius 2 is 1.76 bits per heavy atom. The van der Waals surface area contributed by atoms with Crippen LogP contribution in [0.1, 0.15) is 110 Å². The van der Waals surface area contributed by atoms with Gasteiger partial charge in [0.05, 0.1) is 11.9 Å². The number of benzene rings is 2. The second kappa shape index (κ2) is 29.3. The number of imidazole rings is 1. The maximum Gasteiger partial charge on any atom is 0.132 e. The largest absolute Gasteiger partial charge is 0.490 e. The maximum absolute atomic E-state index is 13.6. The van der Waals surface area contributed by atoms with E-state index in [4.69, 9.17) is 4.74 Å². The molecule has 3 aromatic rings. The molecule has 0 radical (unpaired) electrons. The summed E-state index contributed by atoms with van der Waals surface area (Å²) in [6.45, 7) is 34.0. The molecule has 2 aromatic carbocycles. The smallest absolute Gasteiger partial charge is 0.132 e. The maximum atomic E-state index is 13.6. The first-order valence-electron chi connectivity index (χ1n) is 18.3. The van der Waals surface area contributed by atoms with Crippen molar-refractivity contribution < 1.29 is 9.13 Å². The van der Waals surface area contributed by atoms with Crippen molar-refractivity contribution in [3.63, 3.8) is 0 Å². The van der Waals surface area contributed by atoms with E-state index in [9.17, 15) is 4.39 Å². The summed E-state index contributed by atoms with van der Waals surface area (Å²) in [4.78, 5) is 9.71. The van der Waals surface area contributed by atoms with Crippen molar-refractivity contribution in [2.75, 3.05) is 13.6 Å². The monoisotopic (exact) mass is 679 g/mol. The van der Waals surface area contributed by atoms with Crippen LogP contribution in [-0.2, 0) is 6.42 Å². The predicted octanol–water partition coefficient (Wildman–Crippen LogP) is 12.0. The zero-order valence-electron chi connectivity index (χ0n) is 32.9. The van der Waals surface area contributed by atoms with Crippen molar-refractivity contribution >= 4 is 0 Å². The highest BCUT2D eigenvalue weighted by atomic mass is 19.1. The number of nitrogens with one attached hydrogen (secondary N) is 1. The summed E-state index contributed by atoms with van der Waals surface area (Å²) in [6, 6.07) is 14.1. The van der Waals surface area contributed by atoms with Gasteiger partial charge in [-0.2, -0.15) is 0 Å². The van der Waals surface area contributed by atoms with Gasteiger partial charge >= 0.3 is 0 Å². The van der Waals surface area contributed by atoms with Gasteiger partial charge in [0.1, 0.15) is 23.5 Å². The standard InChI is InChI=1S/C14H22O.C12H13FN2.C12H21N.C2H6.C2H4.CH5N/c1-5-8-13(11(2)3)15-14-10-7-6-9-12(14)4;1-3-12-14-7-11(15-12)9-5-4-8(2)6-10(9)13;1-4-5-8-11(2)13-10-7-6-9-12(13)3;3*1-2/h6-7,9-11,13H,5,8H2,1-4H3;4-7H,3H2,1-2H3,(H,14,15);4,12H,1-2,5-10H2,3H3;1-2H3;1-2H2;2H2,1H3. The Morgan fingerprint density at radius 3 is 2.27 bits per heavy atom. The van der Waals surface area contributed by atoms with Gasteiger partial charge in [0.25, 0.3) is 0 Å². The van der Waals surface area contributed by atoms with Gasteiger partial charge < -0.3 is 20.4 Å². The number of piperidine rings is 1. The van der Waals surface area contributed by atoms with Gasteiger partial charge in [-0.1, -0.05) is 84.9 Å². The van der Waals surface area contributed by atoms with Crippen LogP contribution in [0, 0.1) is 25.6 Å². The summed E-state index contributed by atoms with van der Waals surface area (Å²) in [5, 5.41) is 0. The van der Waals surface area contributed by atoms with Gasteiger partial charge in [-0.25, -0.2) is 9.37 Å². The number of allylic oxidation sites excluding steroid dienone is 2. The molecule has 4 rings (SSSR count). The topological polar surface area (TPSA) is 67.2 Å². The number of nitrogens with zero attached hydrogens (tertiary/aromatic N) is 2. The lowest BCUT2D eigenvalue weighted by molar-refractivity contribution is 0.140. The number of para-hydroxylation sites is 1. The van der Waals surface area contributed by atoms with E-state index in [1.807, 2.05) is 52.0 Å². The van der Waals surface area contributed by atoms with Crippen molar-refractivity contribution in [2.24, 2.45) is 11.7 Å². The normalized spacial score (nSPS) is 13.6. The van der Waals surface area contributed by atoms with E-state index in [1.54, 1.807) is 12.3 Å². The molecule has 0 saturated carbocycles. The molecular formula is C43H71FN4O. The minimum Gasteiger partial charge on any atom is -0.490 e.